The molecular weight excluding hydrogens is 158 g/mol. The smallest absolute Gasteiger partial charge is 0.174 e. The lowest BCUT2D eigenvalue weighted by Gasteiger charge is -2.02. The molecule has 0 heterocycles. The van der Waals surface area contributed by atoms with E-state index in [4.69, 9.17) is 10.1 Å². The molecule has 0 saturated carbocycles. The quantitative estimate of drug-likeness (QED) is 0.320. The molecule has 0 spiro atoms. The van der Waals surface area contributed by atoms with E-state index in [0.29, 0.717) is 11.3 Å². The summed E-state index contributed by atoms with van der Waals surface area (Å²) in [6.07, 6.45) is 1.27. The minimum atomic E-state index is 0.512. The van der Waals surface area contributed by atoms with Gasteiger partial charge in [0.25, 0.3) is 0 Å². The van der Waals surface area contributed by atoms with Crippen molar-refractivity contribution in [1.82, 2.24) is 0 Å². The molecule has 0 amide bonds. The number of benzene rings is 1. The van der Waals surface area contributed by atoms with Crippen LogP contribution in [0.3, 0.4) is 0 Å². The highest BCUT2D eigenvalue weighted by Gasteiger charge is 1.99. The fourth-order valence-corrected chi connectivity index (χ4v) is 0.815. The molecule has 0 unspecified atom stereocenters. The van der Waals surface area contributed by atoms with E-state index in [0.717, 1.165) is 0 Å². The van der Waals surface area contributed by atoms with E-state index in [9.17, 15) is 0 Å². The van der Waals surface area contributed by atoms with Crippen LogP contribution in [-0.2, 0) is 4.89 Å². The van der Waals surface area contributed by atoms with Crippen molar-refractivity contribution in [2.45, 2.75) is 0 Å². The second-order valence-corrected chi connectivity index (χ2v) is 2.03. The van der Waals surface area contributed by atoms with E-state index in [1.165, 1.54) is 13.3 Å². The van der Waals surface area contributed by atoms with Crippen LogP contribution in [-0.4, -0.2) is 18.5 Å². The lowest BCUT2D eigenvalue weighted by atomic mass is 10.2. The van der Waals surface area contributed by atoms with Gasteiger partial charge in [0.15, 0.2) is 5.75 Å². The first-order valence-electron chi connectivity index (χ1n) is 3.35. The molecule has 0 atom stereocenters. The van der Waals surface area contributed by atoms with Gasteiger partial charge in [0, 0.05) is 5.56 Å². The normalized spacial score (nSPS) is 10.4. The van der Waals surface area contributed by atoms with Crippen molar-refractivity contribution >= 4 is 6.21 Å². The molecule has 1 N–H and O–H groups in total. The average molecular weight is 167 g/mol. The minimum absolute atomic E-state index is 0.512. The van der Waals surface area contributed by atoms with E-state index < -0.39 is 0 Å². The second kappa shape index (κ2) is 4.35. The van der Waals surface area contributed by atoms with Crippen molar-refractivity contribution in [2.75, 3.05) is 7.11 Å². The monoisotopic (exact) mass is 167 g/mol. The van der Waals surface area contributed by atoms with Gasteiger partial charge in [-0.05, 0) is 12.1 Å². The Kier molecular flexibility index (Phi) is 3.10. The number of para-hydroxylation sites is 1. The predicted molar refractivity (Wildman–Crippen MR) is 43.5 cm³/mol. The molecule has 4 nitrogen and oxygen atoms in total. The lowest BCUT2D eigenvalue weighted by Crippen LogP contribution is -1.94. The van der Waals surface area contributed by atoms with Gasteiger partial charge >= 0.3 is 0 Å². The van der Waals surface area contributed by atoms with Gasteiger partial charge in [-0.1, -0.05) is 17.3 Å². The molecule has 64 valence electrons. The molecule has 1 aromatic rings. The van der Waals surface area contributed by atoms with E-state index >= 15 is 0 Å². The first kappa shape index (κ1) is 8.55. The third-order valence-electron chi connectivity index (χ3n) is 1.29. The topological polar surface area (TPSA) is 51.0 Å². The largest absolute Gasteiger partial charge is 0.411 e. The van der Waals surface area contributed by atoms with E-state index in [1.54, 1.807) is 24.3 Å². The number of rotatable bonds is 3. The Bertz CT molecular complexity index is 273. The molecule has 4 heteroatoms. The van der Waals surface area contributed by atoms with Gasteiger partial charge in [0.1, 0.15) is 0 Å². The molecule has 1 rings (SSSR count). The number of oxime groups is 1. The van der Waals surface area contributed by atoms with Crippen molar-refractivity contribution < 1.29 is 15.0 Å². The summed E-state index contributed by atoms with van der Waals surface area (Å²) in [5.41, 5.74) is 0.654. The number of nitrogens with zero attached hydrogens (tertiary/aromatic N) is 1. The molecule has 0 aromatic heterocycles. The van der Waals surface area contributed by atoms with Crippen LogP contribution in [0.4, 0.5) is 0 Å². The van der Waals surface area contributed by atoms with Crippen molar-refractivity contribution in [3.63, 3.8) is 0 Å². The van der Waals surface area contributed by atoms with Crippen LogP contribution >= 0.6 is 0 Å². The van der Waals surface area contributed by atoms with E-state index in [-0.39, 0.29) is 0 Å². The fourth-order valence-electron chi connectivity index (χ4n) is 0.815. The summed E-state index contributed by atoms with van der Waals surface area (Å²) < 4.78 is 0. The highest BCUT2D eigenvalue weighted by atomic mass is 17.2. The SMILES string of the molecule is COOc1ccccc1C=NO. The maximum absolute atomic E-state index is 8.29. The van der Waals surface area contributed by atoms with Crippen LogP contribution in [0, 0.1) is 0 Å². The standard InChI is InChI=1S/C8H9NO3/c1-11-12-8-5-3-2-4-7(8)6-9-10/h2-6,10H,1H3. The molecule has 0 fully saturated rings. The molecule has 0 bridgehead atoms. The molecule has 0 saturated heterocycles. The summed E-state index contributed by atoms with van der Waals surface area (Å²) in [6.45, 7) is 0. The van der Waals surface area contributed by atoms with Crippen molar-refractivity contribution in [3.05, 3.63) is 29.8 Å². The van der Waals surface area contributed by atoms with Crippen molar-refractivity contribution in [1.29, 1.82) is 0 Å². The lowest BCUT2D eigenvalue weighted by molar-refractivity contribution is -0.178. The van der Waals surface area contributed by atoms with E-state index in [1.807, 2.05) is 0 Å². The molecule has 12 heavy (non-hydrogen) atoms. The summed E-state index contributed by atoms with van der Waals surface area (Å²) in [5, 5.41) is 11.2. The summed E-state index contributed by atoms with van der Waals surface area (Å²) in [7, 11) is 1.41. The Labute approximate surface area is 70.0 Å². The summed E-state index contributed by atoms with van der Waals surface area (Å²) in [4.78, 5) is 9.26. The Balaban J connectivity index is 2.91. The Morgan fingerprint density at radius 1 is 1.42 bits per heavy atom. The maximum atomic E-state index is 8.29. The van der Waals surface area contributed by atoms with Crippen LogP contribution in [0.25, 0.3) is 0 Å². The van der Waals surface area contributed by atoms with E-state index in [2.05, 4.69) is 10.0 Å². The molecule has 0 aliphatic rings. The number of hydrogen-bond donors (Lipinski definition) is 1. The maximum Gasteiger partial charge on any atom is 0.174 e. The molecule has 1 aromatic carbocycles. The van der Waals surface area contributed by atoms with Gasteiger partial charge in [-0.3, -0.25) is 0 Å². The molecule has 0 radical (unpaired) electrons. The third kappa shape index (κ3) is 1.96. The predicted octanol–water partition coefficient (Wildman–Crippen LogP) is 1.43. The van der Waals surface area contributed by atoms with Gasteiger partial charge in [-0.2, -0.15) is 4.89 Å². The van der Waals surface area contributed by atoms with Gasteiger partial charge < -0.3 is 10.1 Å². The highest BCUT2D eigenvalue weighted by Crippen LogP contribution is 2.15. The zero-order valence-corrected chi connectivity index (χ0v) is 6.60. The first-order valence-corrected chi connectivity index (χ1v) is 3.35. The molecular formula is C8H9NO3. The van der Waals surface area contributed by atoms with Crippen LogP contribution in [0.1, 0.15) is 5.56 Å². The fraction of sp³-hybridized carbons (Fsp3) is 0.125. The first-order chi connectivity index (χ1) is 5.88. The van der Waals surface area contributed by atoms with Gasteiger partial charge in [0.2, 0.25) is 0 Å². The van der Waals surface area contributed by atoms with Crippen LogP contribution in [0.15, 0.2) is 29.4 Å². The number of hydrogen-bond acceptors (Lipinski definition) is 4. The van der Waals surface area contributed by atoms with Crippen LogP contribution in [0.2, 0.25) is 0 Å². The summed E-state index contributed by atoms with van der Waals surface area (Å²) >= 11 is 0. The zero-order chi connectivity index (χ0) is 8.81. The molecule has 0 aliphatic carbocycles. The van der Waals surface area contributed by atoms with Gasteiger partial charge in [-0.15, -0.1) is 0 Å². The minimum Gasteiger partial charge on any atom is -0.411 e. The average Bonchev–Trinajstić information content (AvgIpc) is 2.09. The molecule has 0 aliphatic heterocycles. The Morgan fingerprint density at radius 2 is 2.17 bits per heavy atom. The van der Waals surface area contributed by atoms with Crippen LogP contribution < -0.4 is 4.89 Å². The van der Waals surface area contributed by atoms with Crippen molar-refractivity contribution in [2.24, 2.45) is 5.16 Å². The second-order valence-electron chi connectivity index (χ2n) is 2.03. The van der Waals surface area contributed by atoms with Crippen molar-refractivity contribution in [3.8, 4) is 5.75 Å². The Morgan fingerprint density at radius 3 is 2.83 bits per heavy atom. The zero-order valence-electron chi connectivity index (χ0n) is 6.60. The van der Waals surface area contributed by atoms with Crippen LogP contribution in [0.5, 0.6) is 5.75 Å². The third-order valence-corrected chi connectivity index (χ3v) is 1.29. The van der Waals surface area contributed by atoms with Gasteiger partial charge in [-0.25, -0.2) is 0 Å². The summed E-state index contributed by atoms with van der Waals surface area (Å²) in [5.74, 6) is 0.512. The Hall–Kier alpha value is -1.55. The van der Waals surface area contributed by atoms with Gasteiger partial charge in [0.05, 0.1) is 13.3 Å². The highest BCUT2D eigenvalue weighted by molar-refractivity contribution is 5.82. The summed E-state index contributed by atoms with van der Waals surface area (Å²) in [6, 6.07) is 7.05.